The van der Waals surface area contributed by atoms with Crippen molar-refractivity contribution in [3.05, 3.63) is 99.8 Å². The maximum absolute atomic E-state index is 13.6. The molecule has 0 spiro atoms. The highest BCUT2D eigenvalue weighted by Gasteiger charge is 2.57. The molecular weight excluding hydrogens is 419 g/mol. The van der Waals surface area contributed by atoms with Gasteiger partial charge in [0.1, 0.15) is 11.9 Å². The number of hydrogen-bond acceptors (Lipinski definition) is 3. The van der Waals surface area contributed by atoms with Gasteiger partial charge in [0.2, 0.25) is 0 Å². The Morgan fingerprint density at radius 3 is 2.00 bits per heavy atom. The van der Waals surface area contributed by atoms with E-state index in [1.165, 1.54) is 17.0 Å². The first kappa shape index (κ1) is 19.5. The van der Waals surface area contributed by atoms with E-state index < -0.39 is 29.7 Å². The molecule has 2 atom stereocenters. The second-order valence-corrected chi connectivity index (χ2v) is 8.04. The van der Waals surface area contributed by atoms with Crippen LogP contribution >= 0.6 is 11.6 Å². The monoisotopic (exact) mass is 434 g/mol. The maximum Gasteiger partial charge on any atom is 0.262 e. The Kier molecular flexibility index (Phi) is 4.41. The fourth-order valence-electron chi connectivity index (χ4n) is 4.33. The molecule has 31 heavy (non-hydrogen) atoms. The summed E-state index contributed by atoms with van der Waals surface area (Å²) in [6.45, 7) is 1.82. The third-order valence-electron chi connectivity index (χ3n) is 5.80. The van der Waals surface area contributed by atoms with E-state index in [9.17, 15) is 18.8 Å². The van der Waals surface area contributed by atoms with E-state index in [1.807, 2.05) is 6.92 Å². The minimum Gasteiger partial charge on any atom is -0.300 e. The molecule has 5 nitrogen and oxygen atoms in total. The fourth-order valence-corrected chi connectivity index (χ4v) is 4.56. The molecule has 2 aliphatic heterocycles. The number of halogens is 2. The van der Waals surface area contributed by atoms with Crippen molar-refractivity contribution in [3.8, 4) is 0 Å². The van der Waals surface area contributed by atoms with Gasteiger partial charge >= 0.3 is 0 Å². The Morgan fingerprint density at radius 2 is 1.42 bits per heavy atom. The topological polar surface area (TPSA) is 57.7 Å². The number of β-lactam (4-membered cyclic amide) rings is 1. The highest BCUT2D eigenvalue weighted by atomic mass is 35.5. The number of rotatable bonds is 3. The van der Waals surface area contributed by atoms with Gasteiger partial charge in [-0.15, -0.1) is 0 Å². The zero-order chi connectivity index (χ0) is 21.9. The summed E-state index contributed by atoms with van der Waals surface area (Å²) in [5.74, 6) is -1.80. The predicted octanol–water partition coefficient (Wildman–Crippen LogP) is 4.54. The van der Waals surface area contributed by atoms with Crippen LogP contribution in [0.4, 0.5) is 10.1 Å². The number of fused-ring (bicyclic) bond motifs is 1. The maximum atomic E-state index is 13.6. The van der Waals surface area contributed by atoms with E-state index in [2.05, 4.69) is 0 Å². The van der Waals surface area contributed by atoms with E-state index in [1.54, 1.807) is 54.6 Å². The molecule has 2 aliphatic rings. The number of carbonyl (C=O) groups is 3. The van der Waals surface area contributed by atoms with Crippen molar-refractivity contribution in [1.29, 1.82) is 0 Å². The van der Waals surface area contributed by atoms with Gasteiger partial charge in [-0.3, -0.25) is 19.3 Å². The van der Waals surface area contributed by atoms with Crippen LogP contribution in [0.3, 0.4) is 0 Å². The number of amides is 3. The number of carbonyl (C=O) groups excluding carboxylic acids is 3. The van der Waals surface area contributed by atoms with Crippen LogP contribution in [-0.2, 0) is 4.79 Å². The molecule has 1 fully saturated rings. The SMILES string of the molecule is Cc1cc(Cl)ccc1N1C(=O)[C@@H](N2C(=O)c3ccccc3C2=O)[C@@H]1c1ccc(F)cc1. The predicted molar refractivity (Wildman–Crippen MR) is 114 cm³/mol. The highest BCUT2D eigenvalue weighted by Crippen LogP contribution is 2.45. The van der Waals surface area contributed by atoms with Crippen LogP contribution in [0.15, 0.2) is 66.7 Å². The van der Waals surface area contributed by atoms with E-state index in [0.717, 1.165) is 10.5 Å². The number of nitrogens with zero attached hydrogens (tertiary/aromatic N) is 2. The summed E-state index contributed by atoms with van der Waals surface area (Å²) < 4.78 is 13.6. The summed E-state index contributed by atoms with van der Waals surface area (Å²) >= 11 is 6.07. The van der Waals surface area contributed by atoms with E-state index >= 15 is 0 Å². The molecule has 3 aromatic carbocycles. The van der Waals surface area contributed by atoms with Crippen LogP contribution in [0.2, 0.25) is 5.02 Å². The van der Waals surface area contributed by atoms with Crippen molar-refractivity contribution >= 4 is 35.0 Å². The van der Waals surface area contributed by atoms with Gasteiger partial charge in [0, 0.05) is 10.7 Å². The summed E-state index contributed by atoms with van der Waals surface area (Å²) in [5, 5.41) is 0.532. The van der Waals surface area contributed by atoms with Gasteiger partial charge < -0.3 is 4.90 Å². The van der Waals surface area contributed by atoms with E-state index in [4.69, 9.17) is 11.6 Å². The summed E-state index contributed by atoms with van der Waals surface area (Å²) in [6.07, 6.45) is 0. The van der Waals surface area contributed by atoms with Gasteiger partial charge in [0.25, 0.3) is 17.7 Å². The van der Waals surface area contributed by atoms with Crippen LogP contribution in [0.25, 0.3) is 0 Å². The fraction of sp³-hybridized carbons (Fsp3) is 0.125. The number of anilines is 1. The second-order valence-electron chi connectivity index (χ2n) is 7.61. The zero-order valence-electron chi connectivity index (χ0n) is 16.4. The molecule has 154 valence electrons. The lowest BCUT2D eigenvalue weighted by Crippen LogP contribution is -2.67. The number of imide groups is 1. The Morgan fingerprint density at radius 1 is 0.806 bits per heavy atom. The number of hydrogen-bond donors (Lipinski definition) is 0. The van der Waals surface area contributed by atoms with Crippen molar-refractivity contribution in [3.63, 3.8) is 0 Å². The van der Waals surface area contributed by atoms with Crippen LogP contribution < -0.4 is 4.90 Å². The molecule has 0 N–H and O–H groups in total. The summed E-state index contributed by atoms with van der Waals surface area (Å²) in [7, 11) is 0. The molecule has 3 aromatic rings. The van der Waals surface area contributed by atoms with Crippen molar-refractivity contribution in [1.82, 2.24) is 4.90 Å². The normalized spacial score (nSPS) is 20.2. The van der Waals surface area contributed by atoms with Crippen molar-refractivity contribution < 1.29 is 18.8 Å². The van der Waals surface area contributed by atoms with Gasteiger partial charge in [0.05, 0.1) is 17.2 Å². The van der Waals surface area contributed by atoms with Crippen LogP contribution in [0, 0.1) is 12.7 Å². The molecule has 3 amide bonds. The first-order chi connectivity index (χ1) is 14.9. The van der Waals surface area contributed by atoms with Gasteiger partial charge in [-0.1, -0.05) is 35.9 Å². The molecule has 0 bridgehead atoms. The largest absolute Gasteiger partial charge is 0.300 e. The standard InChI is InChI=1S/C24H16ClFN2O3/c1-13-12-15(25)8-11-19(13)27-20(14-6-9-16(26)10-7-14)21(24(27)31)28-22(29)17-4-2-3-5-18(17)23(28)30/h2-12,20-21H,1H3/t20-,21-/m0/s1. The quantitative estimate of drug-likeness (QED) is 0.449. The van der Waals surface area contributed by atoms with E-state index in [-0.39, 0.29) is 17.0 Å². The van der Waals surface area contributed by atoms with Gasteiger partial charge in [-0.2, -0.15) is 0 Å². The average molecular weight is 435 g/mol. The molecule has 7 heteroatoms. The minimum atomic E-state index is -1.02. The second kappa shape index (κ2) is 7.03. The van der Waals surface area contributed by atoms with Gasteiger partial charge in [-0.25, -0.2) is 4.39 Å². The molecule has 1 saturated heterocycles. The Bertz CT molecular complexity index is 1220. The Hall–Kier alpha value is -3.51. The van der Waals surface area contributed by atoms with Crippen LogP contribution in [0.1, 0.15) is 37.9 Å². The minimum absolute atomic E-state index is 0.277. The molecule has 0 radical (unpaired) electrons. The molecule has 0 aliphatic carbocycles. The van der Waals surface area contributed by atoms with Gasteiger partial charge in [-0.05, 0) is 60.5 Å². The Balaban J connectivity index is 1.61. The van der Waals surface area contributed by atoms with Crippen molar-refractivity contribution in [2.24, 2.45) is 0 Å². The molecule has 2 heterocycles. The highest BCUT2D eigenvalue weighted by molar-refractivity contribution is 6.30. The summed E-state index contributed by atoms with van der Waals surface area (Å²) in [4.78, 5) is 42.0. The van der Waals surface area contributed by atoms with E-state index in [0.29, 0.717) is 16.3 Å². The lowest BCUT2D eigenvalue weighted by atomic mass is 9.85. The lowest BCUT2D eigenvalue weighted by Gasteiger charge is -2.50. The number of benzene rings is 3. The average Bonchev–Trinajstić information content (AvgIpc) is 3.00. The molecule has 0 saturated carbocycles. The molecule has 0 aromatic heterocycles. The lowest BCUT2D eigenvalue weighted by molar-refractivity contribution is -0.130. The third-order valence-corrected chi connectivity index (χ3v) is 6.04. The first-order valence-electron chi connectivity index (χ1n) is 9.70. The van der Waals surface area contributed by atoms with Crippen molar-refractivity contribution in [2.45, 2.75) is 19.0 Å². The first-order valence-corrected chi connectivity index (χ1v) is 10.1. The molecular formula is C24H16ClFN2O3. The van der Waals surface area contributed by atoms with Crippen molar-refractivity contribution in [2.75, 3.05) is 4.90 Å². The molecule has 0 unspecified atom stereocenters. The Labute approximate surface area is 182 Å². The smallest absolute Gasteiger partial charge is 0.262 e. The van der Waals surface area contributed by atoms with Crippen LogP contribution in [0.5, 0.6) is 0 Å². The molecule has 5 rings (SSSR count). The number of aryl methyl sites for hydroxylation is 1. The zero-order valence-corrected chi connectivity index (χ0v) is 17.1. The summed E-state index contributed by atoms with van der Waals surface area (Å²) in [5.41, 5.74) is 2.57. The van der Waals surface area contributed by atoms with Gasteiger partial charge in [0.15, 0.2) is 0 Å². The van der Waals surface area contributed by atoms with Crippen LogP contribution in [-0.4, -0.2) is 28.7 Å². The summed E-state index contributed by atoms with van der Waals surface area (Å²) in [6, 6.07) is 15.7. The third kappa shape index (κ3) is 2.86.